The third kappa shape index (κ3) is 3.65. The first-order valence-electron chi connectivity index (χ1n) is 5.86. The zero-order valence-electron chi connectivity index (χ0n) is 9.72. The van der Waals surface area contributed by atoms with Crippen LogP contribution in [0.25, 0.3) is 0 Å². The maximum atomic E-state index is 5.70. The molecule has 1 aliphatic carbocycles. The van der Waals surface area contributed by atoms with Crippen LogP contribution in [0.3, 0.4) is 0 Å². The second kappa shape index (κ2) is 5.80. The van der Waals surface area contributed by atoms with Crippen molar-refractivity contribution in [1.82, 2.24) is 0 Å². The highest BCUT2D eigenvalue weighted by Crippen LogP contribution is 2.36. The standard InChI is InChI=1S/C13H23Cl/c1-10-7-11(2)9-13(8-10)12(3)5-4-6-14/h5,10-11,13H,4,6-9H2,1-3H3/b12-5+. The first-order valence-corrected chi connectivity index (χ1v) is 6.39. The van der Waals surface area contributed by atoms with E-state index in [1.165, 1.54) is 19.3 Å². The molecule has 0 radical (unpaired) electrons. The van der Waals surface area contributed by atoms with Crippen LogP contribution in [-0.4, -0.2) is 5.88 Å². The van der Waals surface area contributed by atoms with Crippen molar-refractivity contribution in [2.24, 2.45) is 17.8 Å². The fraction of sp³-hybridized carbons (Fsp3) is 0.846. The summed E-state index contributed by atoms with van der Waals surface area (Å²) in [5.41, 5.74) is 1.57. The van der Waals surface area contributed by atoms with E-state index in [2.05, 4.69) is 26.8 Å². The minimum atomic E-state index is 0.759. The molecule has 1 rings (SSSR count). The molecule has 2 atom stereocenters. The number of rotatable bonds is 3. The number of allylic oxidation sites excluding steroid dienone is 2. The van der Waals surface area contributed by atoms with Crippen LogP contribution in [0.2, 0.25) is 0 Å². The van der Waals surface area contributed by atoms with Gasteiger partial charge in [-0.05, 0) is 50.4 Å². The van der Waals surface area contributed by atoms with Gasteiger partial charge in [-0.25, -0.2) is 0 Å². The normalized spacial score (nSPS) is 34.6. The zero-order valence-corrected chi connectivity index (χ0v) is 10.5. The van der Waals surface area contributed by atoms with E-state index in [1.807, 2.05) is 0 Å². The second-order valence-corrected chi connectivity index (χ2v) is 5.42. The summed E-state index contributed by atoms with van der Waals surface area (Å²) in [7, 11) is 0. The molecule has 0 saturated heterocycles. The molecule has 0 N–H and O–H groups in total. The highest BCUT2D eigenvalue weighted by molar-refractivity contribution is 6.17. The Morgan fingerprint density at radius 1 is 1.21 bits per heavy atom. The van der Waals surface area contributed by atoms with E-state index < -0.39 is 0 Å². The van der Waals surface area contributed by atoms with E-state index >= 15 is 0 Å². The van der Waals surface area contributed by atoms with Crippen molar-refractivity contribution in [3.8, 4) is 0 Å². The quantitative estimate of drug-likeness (QED) is 0.475. The Hall–Kier alpha value is 0.0300. The van der Waals surface area contributed by atoms with E-state index in [9.17, 15) is 0 Å². The molecule has 1 aliphatic rings. The molecule has 0 aromatic rings. The van der Waals surface area contributed by atoms with Crippen LogP contribution in [0.1, 0.15) is 46.5 Å². The van der Waals surface area contributed by atoms with Gasteiger partial charge in [-0.1, -0.05) is 25.5 Å². The van der Waals surface area contributed by atoms with Gasteiger partial charge in [0.05, 0.1) is 0 Å². The lowest BCUT2D eigenvalue weighted by Crippen LogP contribution is -2.20. The number of hydrogen-bond acceptors (Lipinski definition) is 0. The smallest absolute Gasteiger partial charge is 0.0258 e. The number of hydrogen-bond donors (Lipinski definition) is 0. The van der Waals surface area contributed by atoms with Crippen molar-refractivity contribution in [3.05, 3.63) is 11.6 Å². The van der Waals surface area contributed by atoms with Gasteiger partial charge in [0.15, 0.2) is 0 Å². The number of alkyl halides is 1. The summed E-state index contributed by atoms with van der Waals surface area (Å²) in [6.45, 7) is 7.05. The summed E-state index contributed by atoms with van der Waals surface area (Å²) >= 11 is 5.70. The highest BCUT2D eigenvalue weighted by atomic mass is 35.5. The van der Waals surface area contributed by atoms with E-state index in [-0.39, 0.29) is 0 Å². The Kier molecular flexibility index (Phi) is 5.01. The van der Waals surface area contributed by atoms with Gasteiger partial charge in [0.1, 0.15) is 0 Å². The summed E-state index contributed by atoms with van der Waals surface area (Å²) in [5.74, 6) is 3.40. The van der Waals surface area contributed by atoms with E-state index in [1.54, 1.807) is 5.57 Å². The van der Waals surface area contributed by atoms with Gasteiger partial charge in [-0.15, -0.1) is 11.6 Å². The zero-order chi connectivity index (χ0) is 10.6. The maximum Gasteiger partial charge on any atom is 0.0258 e. The van der Waals surface area contributed by atoms with E-state index in [0.717, 1.165) is 30.1 Å². The van der Waals surface area contributed by atoms with Gasteiger partial charge in [0, 0.05) is 5.88 Å². The van der Waals surface area contributed by atoms with Crippen LogP contribution in [0.5, 0.6) is 0 Å². The second-order valence-electron chi connectivity index (χ2n) is 5.04. The SMILES string of the molecule is C/C(=C\CCCl)C1CC(C)CC(C)C1. The molecule has 0 aromatic heterocycles. The van der Waals surface area contributed by atoms with E-state index in [0.29, 0.717) is 0 Å². The highest BCUT2D eigenvalue weighted by Gasteiger charge is 2.24. The maximum absolute atomic E-state index is 5.70. The average molecular weight is 215 g/mol. The van der Waals surface area contributed by atoms with Crippen molar-refractivity contribution in [2.75, 3.05) is 5.88 Å². The number of halogens is 1. The minimum Gasteiger partial charge on any atom is -0.126 e. The molecule has 1 saturated carbocycles. The van der Waals surface area contributed by atoms with Crippen LogP contribution >= 0.6 is 11.6 Å². The molecule has 1 fully saturated rings. The molecule has 0 aliphatic heterocycles. The van der Waals surface area contributed by atoms with Crippen LogP contribution in [-0.2, 0) is 0 Å². The molecule has 0 aromatic carbocycles. The van der Waals surface area contributed by atoms with Crippen LogP contribution in [0, 0.1) is 17.8 Å². The van der Waals surface area contributed by atoms with Crippen LogP contribution < -0.4 is 0 Å². The van der Waals surface area contributed by atoms with Gasteiger partial charge >= 0.3 is 0 Å². The molecule has 0 spiro atoms. The predicted octanol–water partition coefficient (Wildman–Crippen LogP) is 4.63. The molecule has 14 heavy (non-hydrogen) atoms. The summed E-state index contributed by atoms with van der Waals surface area (Å²) in [6, 6.07) is 0. The lowest BCUT2D eigenvalue weighted by molar-refractivity contribution is 0.243. The molecule has 0 heterocycles. The first-order chi connectivity index (χ1) is 6.63. The van der Waals surface area contributed by atoms with Crippen LogP contribution in [0.4, 0.5) is 0 Å². The lowest BCUT2D eigenvalue weighted by Gasteiger charge is -2.32. The van der Waals surface area contributed by atoms with Gasteiger partial charge < -0.3 is 0 Å². The topological polar surface area (TPSA) is 0 Å². The molecule has 0 amide bonds. The summed E-state index contributed by atoms with van der Waals surface area (Å²) < 4.78 is 0. The van der Waals surface area contributed by atoms with E-state index in [4.69, 9.17) is 11.6 Å². The third-order valence-electron chi connectivity index (χ3n) is 3.40. The minimum absolute atomic E-state index is 0.759. The molecule has 0 bridgehead atoms. The molecule has 0 nitrogen and oxygen atoms in total. The van der Waals surface area contributed by atoms with Gasteiger partial charge in [-0.2, -0.15) is 0 Å². The summed E-state index contributed by atoms with van der Waals surface area (Å²) in [5, 5.41) is 0. The van der Waals surface area contributed by atoms with Gasteiger partial charge in [0.25, 0.3) is 0 Å². The molecule has 1 heteroatoms. The third-order valence-corrected chi connectivity index (χ3v) is 3.62. The van der Waals surface area contributed by atoms with Crippen molar-refractivity contribution in [1.29, 1.82) is 0 Å². The molecular formula is C13H23Cl. The van der Waals surface area contributed by atoms with Gasteiger partial charge in [-0.3, -0.25) is 0 Å². The first kappa shape index (κ1) is 12.1. The summed E-state index contributed by atoms with van der Waals surface area (Å²) in [4.78, 5) is 0. The fourth-order valence-corrected chi connectivity index (χ4v) is 2.88. The Morgan fingerprint density at radius 2 is 1.79 bits per heavy atom. The van der Waals surface area contributed by atoms with Crippen LogP contribution in [0.15, 0.2) is 11.6 Å². The molecule has 82 valence electrons. The fourth-order valence-electron chi connectivity index (χ4n) is 2.77. The largest absolute Gasteiger partial charge is 0.126 e. The van der Waals surface area contributed by atoms with Crippen molar-refractivity contribution in [3.63, 3.8) is 0 Å². The average Bonchev–Trinajstić information content (AvgIpc) is 2.12. The van der Waals surface area contributed by atoms with Crippen molar-refractivity contribution >= 4 is 11.6 Å². The Morgan fingerprint density at radius 3 is 2.29 bits per heavy atom. The Bertz CT molecular complexity index is 185. The lowest BCUT2D eigenvalue weighted by atomic mass is 9.74. The monoisotopic (exact) mass is 214 g/mol. The van der Waals surface area contributed by atoms with Crippen molar-refractivity contribution in [2.45, 2.75) is 46.5 Å². The Labute approximate surface area is 93.7 Å². The molecule has 2 unspecified atom stereocenters. The Balaban J connectivity index is 2.50. The van der Waals surface area contributed by atoms with Gasteiger partial charge in [0.2, 0.25) is 0 Å². The summed E-state index contributed by atoms with van der Waals surface area (Å²) in [6.07, 6.45) is 7.55. The predicted molar refractivity (Wildman–Crippen MR) is 64.8 cm³/mol. The van der Waals surface area contributed by atoms with Crippen molar-refractivity contribution < 1.29 is 0 Å². The molecular weight excluding hydrogens is 192 g/mol.